The van der Waals surface area contributed by atoms with E-state index in [9.17, 15) is 40.3 Å². The Morgan fingerprint density at radius 1 is 0.921 bits per heavy atom. The molecule has 0 aliphatic carbocycles. The molecular weight excluding hydrogens is 686 g/mol. The molecule has 202 valence electrons. The van der Waals surface area contributed by atoms with E-state index in [-0.39, 0.29) is 28.5 Å². The second-order valence-corrected chi connectivity index (χ2v) is 9.29. The largest absolute Gasteiger partial charge is 0.435 e. The number of aromatic nitrogens is 1. The van der Waals surface area contributed by atoms with Crippen molar-refractivity contribution in [3.63, 3.8) is 0 Å². The van der Waals surface area contributed by atoms with Crippen LogP contribution >= 0.6 is 43.7 Å². The predicted octanol–water partition coefficient (Wildman–Crippen LogP) is 8.14. The smallest absolute Gasteiger partial charge is 0.319 e. The minimum Gasteiger partial charge on any atom is -0.319 e. The van der Waals surface area contributed by atoms with Crippen LogP contribution in [0.25, 0.3) is 0 Å². The zero-order valence-corrected chi connectivity index (χ0v) is 22.0. The number of hydrogen-bond acceptors (Lipinski definition) is 3. The minimum atomic E-state index is -6.34. The van der Waals surface area contributed by atoms with E-state index in [2.05, 4.69) is 42.4 Å². The molecule has 1 N–H and O–H groups in total. The van der Waals surface area contributed by atoms with Crippen molar-refractivity contribution in [2.75, 3.05) is 9.24 Å². The Morgan fingerprint density at radius 2 is 1.53 bits per heavy atom. The fraction of sp³-hybridized carbons (Fsp3) is 0.136. The lowest BCUT2D eigenvalue weighted by atomic mass is 9.94. The van der Waals surface area contributed by atoms with E-state index in [1.807, 2.05) is 0 Å². The van der Waals surface area contributed by atoms with Crippen LogP contribution in [-0.2, 0) is 5.67 Å². The van der Waals surface area contributed by atoms with Gasteiger partial charge in [0.25, 0.3) is 11.8 Å². The van der Waals surface area contributed by atoms with Crippen molar-refractivity contribution >= 4 is 66.9 Å². The lowest BCUT2D eigenvalue weighted by molar-refractivity contribution is -0.348. The monoisotopic (exact) mass is 693 g/mol. The van der Waals surface area contributed by atoms with Gasteiger partial charge in [-0.3, -0.25) is 9.59 Å². The van der Waals surface area contributed by atoms with E-state index in [1.54, 1.807) is 0 Å². The molecule has 0 unspecified atom stereocenters. The van der Waals surface area contributed by atoms with E-state index in [0.717, 1.165) is 12.1 Å². The van der Waals surface area contributed by atoms with Crippen LogP contribution in [0.2, 0.25) is 5.15 Å². The fourth-order valence-electron chi connectivity index (χ4n) is 3.12. The van der Waals surface area contributed by atoms with Crippen LogP contribution in [-0.4, -0.2) is 29.2 Å². The number of pyridine rings is 1. The molecule has 5 nitrogen and oxygen atoms in total. The van der Waals surface area contributed by atoms with E-state index >= 15 is 4.39 Å². The van der Waals surface area contributed by atoms with Crippen LogP contribution in [0.15, 0.2) is 59.2 Å². The Bertz CT molecular complexity index is 1390. The van der Waals surface area contributed by atoms with Crippen LogP contribution < -0.4 is 9.24 Å². The Balaban J connectivity index is 1.93. The summed E-state index contributed by atoms with van der Waals surface area (Å²) < 4.78 is 108. The van der Waals surface area contributed by atoms with Gasteiger partial charge in [-0.25, -0.2) is 17.7 Å². The Kier molecular flexibility index (Phi) is 8.44. The van der Waals surface area contributed by atoms with Gasteiger partial charge < -0.3 is 5.32 Å². The third-order valence-electron chi connectivity index (χ3n) is 5.00. The fourth-order valence-corrected chi connectivity index (χ4v) is 4.62. The van der Waals surface area contributed by atoms with Gasteiger partial charge in [-0.2, -0.15) is 26.3 Å². The highest BCUT2D eigenvalue weighted by Crippen LogP contribution is 2.54. The highest BCUT2D eigenvalue weighted by Gasteiger charge is 2.73. The topological polar surface area (TPSA) is 62.3 Å². The maximum absolute atomic E-state index is 15.1. The first-order valence-electron chi connectivity index (χ1n) is 9.83. The summed E-state index contributed by atoms with van der Waals surface area (Å²) in [5.74, 6) is -3.26. The summed E-state index contributed by atoms with van der Waals surface area (Å²) >= 11 is 11.3. The molecule has 16 heteroatoms. The van der Waals surface area contributed by atoms with Gasteiger partial charge in [0.05, 0.1) is 38.6 Å². The molecule has 0 atom stereocenters. The second kappa shape index (κ2) is 10.8. The molecule has 0 aliphatic heterocycles. The average Bonchev–Trinajstić information content (AvgIpc) is 2.82. The molecule has 3 rings (SSSR count). The number of nitrogens with zero attached hydrogens (tertiary/aromatic N) is 2. The van der Waals surface area contributed by atoms with Crippen molar-refractivity contribution in [1.29, 1.82) is 0 Å². The standard InChI is InChI=1S/C22H10Br2ClF8N3O2/c23-13-9-10(20(27,21(28,29)30)22(31,32)33)6-7-15(13)36(24)19(38)11-3-1-5-14(16(11)26)35-18(37)12-4-2-8-34-17(12)25/h1-9H,(H,35,37). The van der Waals surface area contributed by atoms with Gasteiger partial charge in [0.1, 0.15) is 5.15 Å². The van der Waals surface area contributed by atoms with Gasteiger partial charge in [0.15, 0.2) is 5.82 Å². The molecule has 0 spiro atoms. The number of anilines is 2. The molecule has 3 aromatic rings. The molecule has 1 heterocycles. The van der Waals surface area contributed by atoms with Gasteiger partial charge in [0, 0.05) is 16.2 Å². The third kappa shape index (κ3) is 5.50. The maximum Gasteiger partial charge on any atom is 0.435 e. The van der Waals surface area contributed by atoms with E-state index in [4.69, 9.17) is 11.6 Å². The quantitative estimate of drug-likeness (QED) is 0.167. The van der Waals surface area contributed by atoms with Crippen molar-refractivity contribution < 1.29 is 44.7 Å². The second-order valence-electron chi connectivity index (χ2n) is 7.37. The SMILES string of the molecule is O=C(Nc1cccc(C(=O)N(Br)c2ccc(C(F)(C(F)(F)F)C(F)(F)F)cc2Br)c1F)c1cccnc1Cl. The number of carbonyl (C=O) groups excluding carboxylic acids is 2. The first kappa shape index (κ1) is 29.8. The van der Waals surface area contributed by atoms with Crippen molar-refractivity contribution in [2.24, 2.45) is 0 Å². The first-order chi connectivity index (χ1) is 17.5. The molecule has 2 aromatic carbocycles. The van der Waals surface area contributed by atoms with Crippen molar-refractivity contribution in [1.82, 2.24) is 4.98 Å². The predicted molar refractivity (Wildman–Crippen MR) is 128 cm³/mol. The highest BCUT2D eigenvalue weighted by molar-refractivity contribution is 9.11. The molecular formula is C22H10Br2ClF8N3O2. The molecule has 0 aliphatic rings. The molecule has 0 radical (unpaired) electrons. The van der Waals surface area contributed by atoms with Crippen LogP contribution in [0.4, 0.5) is 46.5 Å². The Morgan fingerprint density at radius 3 is 2.08 bits per heavy atom. The molecule has 0 saturated carbocycles. The lowest BCUT2D eigenvalue weighted by Gasteiger charge is -2.30. The number of nitrogens with one attached hydrogen (secondary N) is 1. The van der Waals surface area contributed by atoms with Gasteiger partial charge >= 0.3 is 18.0 Å². The number of benzene rings is 2. The van der Waals surface area contributed by atoms with Crippen molar-refractivity contribution in [3.8, 4) is 0 Å². The van der Waals surface area contributed by atoms with Crippen LogP contribution in [0.5, 0.6) is 0 Å². The summed E-state index contributed by atoms with van der Waals surface area (Å²) in [6, 6.07) is 7.00. The number of carbonyl (C=O) groups is 2. The van der Waals surface area contributed by atoms with Gasteiger partial charge in [-0.15, -0.1) is 0 Å². The molecule has 38 heavy (non-hydrogen) atoms. The summed E-state index contributed by atoms with van der Waals surface area (Å²) in [6.45, 7) is 0. The number of amides is 2. The third-order valence-corrected chi connectivity index (χ3v) is 6.64. The van der Waals surface area contributed by atoms with Crippen molar-refractivity contribution in [2.45, 2.75) is 18.0 Å². The summed E-state index contributed by atoms with van der Waals surface area (Å²) in [5.41, 5.74) is -9.09. The summed E-state index contributed by atoms with van der Waals surface area (Å²) in [5, 5.41) is 2.04. The highest BCUT2D eigenvalue weighted by atomic mass is 79.9. The number of rotatable bonds is 5. The molecule has 0 fully saturated rings. The summed E-state index contributed by atoms with van der Waals surface area (Å²) in [7, 11) is 0. The number of hydrogen-bond donors (Lipinski definition) is 1. The molecule has 0 saturated heterocycles. The van der Waals surface area contributed by atoms with E-state index < -0.39 is 56.9 Å². The van der Waals surface area contributed by atoms with Crippen LogP contribution in [0.3, 0.4) is 0 Å². The maximum atomic E-state index is 15.1. The lowest BCUT2D eigenvalue weighted by Crippen LogP contribution is -2.50. The average molecular weight is 696 g/mol. The van der Waals surface area contributed by atoms with E-state index in [0.29, 0.717) is 9.99 Å². The Hall–Kier alpha value is -2.78. The number of halogens is 11. The van der Waals surface area contributed by atoms with Crippen LogP contribution in [0.1, 0.15) is 26.3 Å². The zero-order chi connectivity index (χ0) is 28.6. The first-order valence-corrected chi connectivity index (χ1v) is 11.7. The molecule has 1 aromatic heterocycles. The molecule has 2 amide bonds. The van der Waals surface area contributed by atoms with Gasteiger partial charge in [-0.1, -0.05) is 23.7 Å². The van der Waals surface area contributed by atoms with E-state index in [1.165, 1.54) is 24.4 Å². The minimum absolute atomic E-state index is 0.0990. The van der Waals surface area contributed by atoms with Gasteiger partial charge in [-0.05, 0) is 52.3 Å². The van der Waals surface area contributed by atoms with Crippen LogP contribution in [0, 0.1) is 5.82 Å². The zero-order valence-electron chi connectivity index (χ0n) is 18.1. The van der Waals surface area contributed by atoms with Gasteiger partial charge in [0.2, 0.25) is 0 Å². The summed E-state index contributed by atoms with van der Waals surface area (Å²) in [6.07, 6.45) is -11.4. The number of alkyl halides is 7. The Labute approximate surface area is 230 Å². The molecule has 0 bridgehead atoms. The summed E-state index contributed by atoms with van der Waals surface area (Å²) in [4.78, 5) is 29.1. The van der Waals surface area contributed by atoms with Crippen molar-refractivity contribution in [3.05, 3.63) is 86.9 Å². The normalized spacial score (nSPS) is 12.3.